The molecule has 0 aliphatic rings. The standard InChI is InChI=1S/C18H21NO2S/c1-5-7-13(3)22-14(4)16-8-15(11-19)9-18(10-16)21-12-17(20)6-2/h5,7-10,17,20H,1,4,6,12H2,2-3H3/b13-7-/t17-/m1/s1. The highest BCUT2D eigenvalue weighted by atomic mass is 32.2. The summed E-state index contributed by atoms with van der Waals surface area (Å²) in [6, 6.07) is 7.39. The maximum absolute atomic E-state index is 9.57. The van der Waals surface area contributed by atoms with E-state index in [1.54, 1.807) is 18.2 Å². The summed E-state index contributed by atoms with van der Waals surface area (Å²) in [5.74, 6) is 0.564. The largest absolute Gasteiger partial charge is 0.491 e. The molecule has 0 aromatic heterocycles. The number of allylic oxidation sites excluding steroid dienone is 3. The number of nitrogens with zero attached hydrogens (tertiary/aromatic N) is 1. The van der Waals surface area contributed by atoms with Gasteiger partial charge in [-0.1, -0.05) is 44.0 Å². The molecule has 1 aromatic carbocycles. The van der Waals surface area contributed by atoms with E-state index in [9.17, 15) is 5.11 Å². The van der Waals surface area contributed by atoms with Gasteiger partial charge in [-0.3, -0.25) is 0 Å². The number of rotatable bonds is 8. The van der Waals surface area contributed by atoms with Gasteiger partial charge in [0, 0.05) is 4.91 Å². The van der Waals surface area contributed by atoms with E-state index >= 15 is 0 Å². The molecule has 1 atom stereocenters. The van der Waals surface area contributed by atoms with Crippen molar-refractivity contribution in [2.24, 2.45) is 0 Å². The Bertz CT molecular complexity index is 614. The molecule has 0 amide bonds. The number of nitriles is 1. The molecule has 1 rings (SSSR count). The highest BCUT2D eigenvalue weighted by Gasteiger charge is 2.08. The molecule has 0 saturated carbocycles. The lowest BCUT2D eigenvalue weighted by molar-refractivity contribution is 0.104. The number of benzene rings is 1. The molecule has 0 aliphatic heterocycles. The molecule has 0 aliphatic carbocycles. The van der Waals surface area contributed by atoms with Crippen LogP contribution in [0.15, 0.2) is 48.4 Å². The lowest BCUT2D eigenvalue weighted by atomic mass is 10.1. The monoisotopic (exact) mass is 315 g/mol. The van der Waals surface area contributed by atoms with Crippen LogP contribution in [0.1, 0.15) is 31.4 Å². The van der Waals surface area contributed by atoms with Crippen LogP contribution in [0.4, 0.5) is 0 Å². The molecule has 0 unspecified atom stereocenters. The summed E-state index contributed by atoms with van der Waals surface area (Å²) >= 11 is 1.52. The number of aliphatic hydroxyl groups is 1. The molecule has 0 fully saturated rings. The summed E-state index contributed by atoms with van der Waals surface area (Å²) in [6.07, 6.45) is 3.74. The van der Waals surface area contributed by atoms with Crippen LogP contribution in [-0.2, 0) is 0 Å². The van der Waals surface area contributed by atoms with Gasteiger partial charge in [0.2, 0.25) is 0 Å². The van der Waals surface area contributed by atoms with E-state index in [2.05, 4.69) is 19.2 Å². The van der Waals surface area contributed by atoms with Gasteiger partial charge < -0.3 is 9.84 Å². The van der Waals surface area contributed by atoms with Crippen molar-refractivity contribution in [2.45, 2.75) is 26.4 Å². The highest BCUT2D eigenvalue weighted by Crippen LogP contribution is 2.34. The molecule has 1 aromatic rings. The number of aliphatic hydroxyl groups excluding tert-OH is 1. The van der Waals surface area contributed by atoms with Gasteiger partial charge in [0.15, 0.2) is 0 Å². The summed E-state index contributed by atoms with van der Waals surface area (Å²) in [4.78, 5) is 1.89. The molecule has 4 heteroatoms. The Morgan fingerprint density at radius 1 is 1.50 bits per heavy atom. The molecule has 116 valence electrons. The third-order valence-corrected chi connectivity index (χ3v) is 3.85. The van der Waals surface area contributed by atoms with Crippen molar-refractivity contribution >= 4 is 16.7 Å². The fraction of sp³-hybridized carbons (Fsp3) is 0.278. The minimum Gasteiger partial charge on any atom is -0.491 e. The molecule has 0 heterocycles. The zero-order valence-electron chi connectivity index (χ0n) is 13.0. The summed E-state index contributed by atoms with van der Waals surface area (Å²) in [7, 11) is 0. The molecule has 22 heavy (non-hydrogen) atoms. The van der Waals surface area contributed by atoms with Crippen molar-refractivity contribution in [2.75, 3.05) is 6.61 Å². The maximum Gasteiger partial charge on any atom is 0.121 e. The molecule has 3 nitrogen and oxygen atoms in total. The Balaban J connectivity index is 2.95. The van der Waals surface area contributed by atoms with Gasteiger partial charge in [0.1, 0.15) is 12.4 Å². The van der Waals surface area contributed by atoms with E-state index in [4.69, 9.17) is 10.00 Å². The van der Waals surface area contributed by atoms with Gasteiger partial charge in [0.05, 0.1) is 17.7 Å². The van der Waals surface area contributed by atoms with Crippen LogP contribution in [-0.4, -0.2) is 17.8 Å². The van der Waals surface area contributed by atoms with Crippen LogP contribution in [0.5, 0.6) is 5.75 Å². The second kappa shape index (κ2) is 9.14. The number of hydrogen-bond acceptors (Lipinski definition) is 4. The van der Waals surface area contributed by atoms with E-state index in [0.29, 0.717) is 17.7 Å². The summed E-state index contributed by atoms with van der Waals surface area (Å²) in [6.45, 7) is 11.8. The fourth-order valence-electron chi connectivity index (χ4n) is 1.67. The number of thioether (sulfide) groups is 1. The number of hydrogen-bond donors (Lipinski definition) is 1. The maximum atomic E-state index is 9.57. The quantitative estimate of drug-likeness (QED) is 0.718. The normalized spacial score (nSPS) is 12.4. The molecule has 1 N–H and O–H groups in total. The van der Waals surface area contributed by atoms with Gasteiger partial charge >= 0.3 is 0 Å². The van der Waals surface area contributed by atoms with Crippen molar-refractivity contribution in [3.63, 3.8) is 0 Å². The topological polar surface area (TPSA) is 53.2 Å². The van der Waals surface area contributed by atoms with Crippen LogP contribution in [0.25, 0.3) is 4.91 Å². The minimum absolute atomic E-state index is 0.208. The smallest absolute Gasteiger partial charge is 0.121 e. The molecule has 0 bridgehead atoms. The van der Waals surface area contributed by atoms with Crippen molar-refractivity contribution in [3.05, 3.63) is 59.5 Å². The van der Waals surface area contributed by atoms with E-state index in [1.165, 1.54) is 11.8 Å². The summed E-state index contributed by atoms with van der Waals surface area (Å²) in [5.41, 5.74) is 1.34. The SMILES string of the molecule is C=C/C=C(/C)SC(=C)c1cc(C#N)cc(OC[C@H](O)CC)c1. The van der Waals surface area contributed by atoms with Crippen LogP contribution < -0.4 is 4.74 Å². The first kappa shape index (κ1) is 18.1. The van der Waals surface area contributed by atoms with Crippen LogP contribution in [0, 0.1) is 11.3 Å². The lowest BCUT2D eigenvalue weighted by Gasteiger charge is -2.13. The Hall–Kier alpha value is -1.96. The van der Waals surface area contributed by atoms with Gasteiger partial charge in [-0.25, -0.2) is 0 Å². The Morgan fingerprint density at radius 3 is 2.82 bits per heavy atom. The average molecular weight is 315 g/mol. The predicted octanol–water partition coefficient (Wildman–Crippen LogP) is 4.50. The third-order valence-electron chi connectivity index (χ3n) is 2.91. The van der Waals surface area contributed by atoms with E-state index in [-0.39, 0.29) is 6.61 Å². The second-order valence-electron chi connectivity index (χ2n) is 4.77. The van der Waals surface area contributed by atoms with Crippen molar-refractivity contribution in [1.29, 1.82) is 5.26 Å². The molecular formula is C18H21NO2S. The predicted molar refractivity (Wildman–Crippen MR) is 93.5 cm³/mol. The van der Waals surface area contributed by atoms with Crippen molar-refractivity contribution < 1.29 is 9.84 Å². The van der Waals surface area contributed by atoms with Crippen molar-refractivity contribution in [3.8, 4) is 11.8 Å². The van der Waals surface area contributed by atoms with Crippen molar-refractivity contribution in [1.82, 2.24) is 0 Å². The Kier molecular flexibility index (Phi) is 7.51. The van der Waals surface area contributed by atoms with Crippen LogP contribution in [0.2, 0.25) is 0 Å². The van der Waals surface area contributed by atoms with Gasteiger partial charge in [0.25, 0.3) is 0 Å². The first-order valence-electron chi connectivity index (χ1n) is 7.02. The van der Waals surface area contributed by atoms with Crippen LogP contribution >= 0.6 is 11.8 Å². The van der Waals surface area contributed by atoms with Gasteiger partial charge in [-0.2, -0.15) is 5.26 Å². The summed E-state index contributed by atoms with van der Waals surface area (Å²) < 4.78 is 5.56. The van der Waals surface area contributed by atoms with E-state index in [0.717, 1.165) is 15.4 Å². The highest BCUT2D eigenvalue weighted by molar-refractivity contribution is 8.11. The second-order valence-corrected chi connectivity index (χ2v) is 6.11. The van der Waals surface area contributed by atoms with E-state index in [1.807, 2.05) is 26.0 Å². The lowest BCUT2D eigenvalue weighted by Crippen LogP contribution is -2.16. The molecule has 0 saturated heterocycles. The first-order chi connectivity index (χ1) is 10.5. The molecule has 0 radical (unpaired) electrons. The summed E-state index contributed by atoms with van der Waals surface area (Å²) in [5, 5.41) is 18.7. The Labute approximate surface area is 136 Å². The zero-order valence-corrected chi connectivity index (χ0v) is 13.8. The third kappa shape index (κ3) is 5.80. The average Bonchev–Trinajstić information content (AvgIpc) is 2.52. The van der Waals surface area contributed by atoms with Crippen LogP contribution in [0.3, 0.4) is 0 Å². The Morgan fingerprint density at radius 2 is 2.23 bits per heavy atom. The number of ether oxygens (including phenoxy) is 1. The molecule has 0 spiro atoms. The fourth-order valence-corrected chi connectivity index (χ4v) is 2.46. The minimum atomic E-state index is -0.510. The van der Waals surface area contributed by atoms with E-state index < -0.39 is 6.10 Å². The first-order valence-corrected chi connectivity index (χ1v) is 7.84. The van der Waals surface area contributed by atoms with Gasteiger partial charge in [-0.15, -0.1) is 0 Å². The zero-order chi connectivity index (χ0) is 16.5. The molecular weight excluding hydrogens is 294 g/mol. The van der Waals surface area contributed by atoms with Gasteiger partial charge in [-0.05, 0) is 42.0 Å².